The topological polar surface area (TPSA) is 27.7 Å². The van der Waals surface area contributed by atoms with Crippen molar-refractivity contribution in [2.75, 3.05) is 21.3 Å². The largest absolute Gasteiger partial charge is 0.396 e. The number of ether oxygens (including phenoxy) is 1. The molecule has 3 nitrogen and oxygen atoms in total. The van der Waals surface area contributed by atoms with Gasteiger partial charge in [0.2, 0.25) is 0 Å². The van der Waals surface area contributed by atoms with Gasteiger partial charge in [0, 0.05) is 21.3 Å². The summed E-state index contributed by atoms with van der Waals surface area (Å²) in [6.45, 7) is 4.47. The van der Waals surface area contributed by atoms with Crippen molar-refractivity contribution < 1.29 is 13.6 Å². The van der Waals surface area contributed by atoms with Crippen LogP contribution in [0.4, 0.5) is 0 Å². The molecule has 1 heterocycles. The normalized spacial score (nSPS) is 32.6. The Bertz CT molecular complexity index is 231. The molecule has 17 heavy (non-hydrogen) atoms. The molecule has 0 amide bonds. The summed E-state index contributed by atoms with van der Waals surface area (Å²) >= 11 is 0. The van der Waals surface area contributed by atoms with Crippen LogP contribution in [-0.4, -0.2) is 35.1 Å². The van der Waals surface area contributed by atoms with Crippen molar-refractivity contribution in [2.24, 2.45) is 5.92 Å². The highest BCUT2D eigenvalue weighted by molar-refractivity contribution is 6.70. The van der Waals surface area contributed by atoms with E-state index >= 15 is 0 Å². The van der Waals surface area contributed by atoms with Crippen molar-refractivity contribution in [1.29, 1.82) is 0 Å². The number of hydrogen-bond donors (Lipinski definition) is 0. The van der Waals surface area contributed by atoms with Crippen molar-refractivity contribution >= 4 is 8.56 Å². The molecule has 1 aliphatic rings. The van der Waals surface area contributed by atoms with Gasteiger partial charge in [-0.15, -0.1) is 0 Å². The monoisotopic (exact) mass is 260 g/mol. The highest BCUT2D eigenvalue weighted by Crippen LogP contribution is 2.47. The minimum atomic E-state index is -2.24. The van der Waals surface area contributed by atoms with Crippen LogP contribution < -0.4 is 0 Å². The number of methoxy groups -OCH3 is 1. The molecule has 0 aromatic heterocycles. The van der Waals surface area contributed by atoms with Gasteiger partial charge in [-0.3, -0.25) is 0 Å². The van der Waals surface area contributed by atoms with Crippen LogP contribution in [0.25, 0.3) is 0 Å². The van der Waals surface area contributed by atoms with Crippen molar-refractivity contribution in [3.05, 3.63) is 0 Å². The minimum Gasteiger partial charge on any atom is -0.396 e. The van der Waals surface area contributed by atoms with E-state index in [0.29, 0.717) is 5.92 Å². The van der Waals surface area contributed by atoms with Gasteiger partial charge < -0.3 is 13.6 Å². The van der Waals surface area contributed by atoms with Crippen LogP contribution in [0.5, 0.6) is 0 Å². The second-order valence-corrected chi connectivity index (χ2v) is 8.67. The minimum absolute atomic E-state index is 0.155. The maximum Gasteiger partial charge on any atom is 0.371 e. The zero-order chi connectivity index (χ0) is 12.9. The predicted octanol–water partition coefficient (Wildman–Crippen LogP) is 3.27. The van der Waals surface area contributed by atoms with E-state index in [-0.39, 0.29) is 5.22 Å². The van der Waals surface area contributed by atoms with Gasteiger partial charge in [-0.05, 0) is 24.8 Å². The summed E-state index contributed by atoms with van der Waals surface area (Å²) in [5, 5.41) is -0.155. The van der Waals surface area contributed by atoms with Gasteiger partial charge in [0.1, 0.15) is 5.22 Å². The Kier molecular flexibility index (Phi) is 5.63. The first kappa shape index (κ1) is 15.2. The van der Waals surface area contributed by atoms with E-state index in [1.807, 2.05) is 7.11 Å². The molecular weight excluding hydrogens is 232 g/mol. The van der Waals surface area contributed by atoms with E-state index in [0.717, 1.165) is 25.3 Å². The molecule has 0 aromatic carbocycles. The third-order valence-electron chi connectivity index (χ3n) is 4.50. The zero-order valence-corrected chi connectivity index (χ0v) is 13.0. The van der Waals surface area contributed by atoms with Crippen molar-refractivity contribution in [1.82, 2.24) is 0 Å². The summed E-state index contributed by atoms with van der Waals surface area (Å²) < 4.78 is 17.9. The fourth-order valence-corrected chi connectivity index (χ4v) is 7.97. The van der Waals surface area contributed by atoms with Crippen molar-refractivity contribution in [2.45, 2.75) is 57.2 Å². The molecule has 0 radical (unpaired) electrons. The molecule has 1 rings (SSSR count). The molecule has 1 fully saturated rings. The van der Waals surface area contributed by atoms with E-state index in [1.165, 1.54) is 12.8 Å². The molecular formula is C13H28O3Si. The Hall–Kier alpha value is 0.0969. The third-order valence-corrected chi connectivity index (χ3v) is 8.98. The first-order valence-electron chi connectivity index (χ1n) is 6.81. The molecule has 4 heteroatoms. The first-order valence-corrected chi connectivity index (χ1v) is 8.84. The quantitative estimate of drug-likeness (QED) is 0.686. The lowest BCUT2D eigenvalue weighted by molar-refractivity contribution is -0.0547. The molecule has 1 aliphatic heterocycles. The van der Waals surface area contributed by atoms with Gasteiger partial charge in [-0.2, -0.15) is 0 Å². The second-order valence-electron chi connectivity index (χ2n) is 5.00. The summed E-state index contributed by atoms with van der Waals surface area (Å²) in [7, 11) is 3.20. The van der Waals surface area contributed by atoms with Gasteiger partial charge in [0.15, 0.2) is 0 Å². The predicted molar refractivity (Wildman–Crippen MR) is 72.2 cm³/mol. The van der Waals surface area contributed by atoms with Crippen LogP contribution in [0.1, 0.15) is 46.0 Å². The summed E-state index contributed by atoms with van der Waals surface area (Å²) in [6, 6.07) is 1.06. The summed E-state index contributed by atoms with van der Waals surface area (Å²) in [4.78, 5) is 0. The van der Waals surface area contributed by atoms with E-state index in [9.17, 15) is 0 Å². The molecule has 102 valence electrons. The fourth-order valence-electron chi connectivity index (χ4n) is 3.69. The average molecular weight is 260 g/mol. The van der Waals surface area contributed by atoms with Crippen molar-refractivity contribution in [3.63, 3.8) is 0 Å². The van der Waals surface area contributed by atoms with Crippen LogP contribution in [0.2, 0.25) is 6.04 Å². The smallest absolute Gasteiger partial charge is 0.371 e. The third kappa shape index (κ3) is 2.32. The molecule has 2 unspecified atom stereocenters. The lowest BCUT2D eigenvalue weighted by atomic mass is 9.90. The van der Waals surface area contributed by atoms with E-state index in [2.05, 4.69) is 13.8 Å². The summed E-state index contributed by atoms with van der Waals surface area (Å²) in [5.74, 6) is 0.577. The van der Waals surface area contributed by atoms with Gasteiger partial charge in [-0.25, -0.2) is 0 Å². The van der Waals surface area contributed by atoms with Gasteiger partial charge in [0.25, 0.3) is 0 Å². The van der Waals surface area contributed by atoms with E-state index in [1.54, 1.807) is 14.2 Å². The Morgan fingerprint density at radius 1 is 1.18 bits per heavy atom. The van der Waals surface area contributed by atoms with Crippen LogP contribution in [0, 0.1) is 5.92 Å². The molecule has 0 aliphatic carbocycles. The summed E-state index contributed by atoms with van der Waals surface area (Å²) in [5.41, 5.74) is 0. The Labute approximate surface area is 107 Å². The molecule has 1 saturated heterocycles. The zero-order valence-electron chi connectivity index (χ0n) is 12.0. The van der Waals surface area contributed by atoms with E-state index in [4.69, 9.17) is 13.6 Å². The Morgan fingerprint density at radius 2 is 1.82 bits per heavy atom. The Morgan fingerprint density at radius 3 is 2.24 bits per heavy atom. The van der Waals surface area contributed by atoms with Crippen molar-refractivity contribution in [3.8, 4) is 0 Å². The second kappa shape index (κ2) is 6.32. The lowest BCUT2D eigenvalue weighted by Crippen LogP contribution is -2.68. The van der Waals surface area contributed by atoms with Crippen LogP contribution in [-0.2, 0) is 13.6 Å². The van der Waals surface area contributed by atoms with Gasteiger partial charge >= 0.3 is 8.56 Å². The standard InChI is InChI=1S/C13H28O3Si/c1-6-10-13(14-3)12(7-2)9-8-11-17(13,15-4)16-5/h12H,6-11H2,1-5H3. The first-order chi connectivity index (χ1) is 8.16. The molecule has 0 aromatic rings. The van der Waals surface area contributed by atoms with Crippen LogP contribution >= 0.6 is 0 Å². The van der Waals surface area contributed by atoms with Gasteiger partial charge in [-0.1, -0.05) is 33.1 Å². The highest BCUT2D eigenvalue weighted by Gasteiger charge is 2.62. The molecule has 0 saturated carbocycles. The van der Waals surface area contributed by atoms with Crippen LogP contribution in [0.3, 0.4) is 0 Å². The molecule has 0 N–H and O–H groups in total. The number of rotatable bonds is 6. The maximum atomic E-state index is 6.03. The molecule has 0 bridgehead atoms. The van der Waals surface area contributed by atoms with Gasteiger partial charge in [0.05, 0.1) is 0 Å². The highest BCUT2D eigenvalue weighted by atomic mass is 28.4. The Balaban J connectivity index is 3.14. The summed E-state index contributed by atoms with van der Waals surface area (Å²) in [6.07, 6.45) is 5.77. The molecule has 2 atom stereocenters. The number of hydrogen-bond acceptors (Lipinski definition) is 3. The maximum absolute atomic E-state index is 6.03. The van der Waals surface area contributed by atoms with Crippen LogP contribution in [0.15, 0.2) is 0 Å². The average Bonchev–Trinajstić information content (AvgIpc) is 2.39. The lowest BCUT2D eigenvalue weighted by Gasteiger charge is -2.52. The molecule has 0 spiro atoms. The SMILES string of the molecule is CCCC1(OC)C(CC)CCC[Si]1(OC)OC. The fraction of sp³-hybridized carbons (Fsp3) is 1.00. The van der Waals surface area contributed by atoms with E-state index < -0.39 is 8.56 Å².